The Bertz CT molecular complexity index is 959. The molecule has 0 radical (unpaired) electrons. The number of benzene rings is 2. The highest BCUT2D eigenvalue weighted by Gasteiger charge is 2.02. The first-order valence-corrected chi connectivity index (χ1v) is 8.70. The van der Waals surface area contributed by atoms with Crippen LogP contribution in [0.1, 0.15) is 16.0 Å². The summed E-state index contributed by atoms with van der Waals surface area (Å²) in [5.74, 6) is 0.411. The third-order valence-corrected chi connectivity index (χ3v) is 4.15. The van der Waals surface area contributed by atoms with Crippen molar-refractivity contribution < 1.29 is 9.53 Å². The standard InChI is InChI=1S/C20H15N3O2S/c21-11-15-3-1-4-16(9-15)13-25-18-6-2-5-17(10-18)23-20(24)8-7-19-12-22-14-26-19/h1-10,12,14H,13H2,(H,23,24)/b8-7+. The normalized spacial score (nSPS) is 10.4. The topological polar surface area (TPSA) is 75.0 Å². The van der Waals surface area contributed by atoms with Crippen molar-refractivity contribution in [1.82, 2.24) is 4.98 Å². The van der Waals surface area contributed by atoms with E-state index in [2.05, 4.69) is 16.4 Å². The number of thiazole rings is 1. The predicted molar refractivity (Wildman–Crippen MR) is 102 cm³/mol. The van der Waals surface area contributed by atoms with E-state index in [1.165, 1.54) is 17.4 Å². The Morgan fingerprint density at radius 1 is 1.27 bits per heavy atom. The minimum atomic E-state index is -0.225. The van der Waals surface area contributed by atoms with Gasteiger partial charge in [0.1, 0.15) is 12.4 Å². The summed E-state index contributed by atoms with van der Waals surface area (Å²) in [6.07, 6.45) is 4.88. The molecule has 0 fully saturated rings. The number of nitriles is 1. The van der Waals surface area contributed by atoms with Crippen LogP contribution < -0.4 is 10.1 Å². The van der Waals surface area contributed by atoms with Crippen LogP contribution in [0.15, 0.2) is 66.3 Å². The van der Waals surface area contributed by atoms with E-state index in [1.807, 2.05) is 24.3 Å². The largest absolute Gasteiger partial charge is 0.489 e. The molecule has 128 valence electrons. The second kappa shape index (κ2) is 8.60. The predicted octanol–water partition coefficient (Wildman–Crippen LogP) is 4.25. The summed E-state index contributed by atoms with van der Waals surface area (Å²) in [7, 11) is 0. The van der Waals surface area contributed by atoms with Gasteiger partial charge in [-0.15, -0.1) is 11.3 Å². The first kappa shape index (κ1) is 17.4. The summed E-state index contributed by atoms with van der Waals surface area (Å²) in [4.78, 5) is 16.9. The van der Waals surface area contributed by atoms with Gasteiger partial charge in [0.25, 0.3) is 0 Å². The molecule has 1 N–H and O–H groups in total. The highest BCUT2D eigenvalue weighted by Crippen LogP contribution is 2.19. The van der Waals surface area contributed by atoms with Gasteiger partial charge in [0.2, 0.25) is 5.91 Å². The molecule has 0 aliphatic heterocycles. The Morgan fingerprint density at radius 2 is 2.15 bits per heavy atom. The lowest BCUT2D eigenvalue weighted by molar-refractivity contribution is -0.111. The van der Waals surface area contributed by atoms with Crippen molar-refractivity contribution >= 4 is 29.0 Å². The average molecular weight is 361 g/mol. The maximum atomic E-state index is 12.0. The summed E-state index contributed by atoms with van der Waals surface area (Å²) in [5, 5.41) is 11.7. The molecule has 0 aliphatic rings. The number of ether oxygens (including phenoxy) is 1. The first-order valence-electron chi connectivity index (χ1n) is 7.82. The molecule has 0 atom stereocenters. The third-order valence-electron chi connectivity index (χ3n) is 3.41. The maximum Gasteiger partial charge on any atom is 0.248 e. The second-order valence-electron chi connectivity index (χ2n) is 5.36. The van der Waals surface area contributed by atoms with Gasteiger partial charge >= 0.3 is 0 Å². The van der Waals surface area contributed by atoms with Crippen LogP contribution in [0, 0.1) is 11.3 Å². The quantitative estimate of drug-likeness (QED) is 0.666. The first-order chi connectivity index (χ1) is 12.7. The molecular weight excluding hydrogens is 346 g/mol. The average Bonchev–Trinajstić information content (AvgIpc) is 3.19. The van der Waals surface area contributed by atoms with E-state index in [0.29, 0.717) is 23.6 Å². The van der Waals surface area contributed by atoms with Crippen LogP contribution in [0.5, 0.6) is 5.75 Å². The van der Waals surface area contributed by atoms with Gasteiger partial charge in [0.15, 0.2) is 0 Å². The molecule has 2 aromatic carbocycles. The molecule has 0 saturated carbocycles. The van der Waals surface area contributed by atoms with Crippen molar-refractivity contribution in [2.24, 2.45) is 0 Å². The minimum Gasteiger partial charge on any atom is -0.489 e. The molecule has 1 amide bonds. The summed E-state index contributed by atoms with van der Waals surface area (Å²) in [5.41, 5.74) is 3.86. The summed E-state index contributed by atoms with van der Waals surface area (Å²) in [6.45, 7) is 0.345. The van der Waals surface area contributed by atoms with E-state index in [1.54, 1.807) is 42.0 Å². The van der Waals surface area contributed by atoms with Crippen LogP contribution >= 0.6 is 11.3 Å². The van der Waals surface area contributed by atoms with E-state index in [9.17, 15) is 4.79 Å². The van der Waals surface area contributed by atoms with Crippen LogP contribution in [-0.4, -0.2) is 10.9 Å². The molecule has 0 bridgehead atoms. The minimum absolute atomic E-state index is 0.225. The summed E-state index contributed by atoms with van der Waals surface area (Å²) in [6, 6.07) is 16.5. The van der Waals surface area contributed by atoms with Gasteiger partial charge in [-0.2, -0.15) is 5.26 Å². The maximum absolute atomic E-state index is 12.0. The molecule has 6 heteroatoms. The Balaban J connectivity index is 1.59. The number of carbonyl (C=O) groups is 1. The zero-order valence-corrected chi connectivity index (χ0v) is 14.6. The van der Waals surface area contributed by atoms with Crippen molar-refractivity contribution in [2.45, 2.75) is 6.61 Å². The fraction of sp³-hybridized carbons (Fsp3) is 0.0500. The van der Waals surface area contributed by atoms with Crippen LogP contribution in [0.2, 0.25) is 0 Å². The van der Waals surface area contributed by atoms with Crippen molar-refractivity contribution in [1.29, 1.82) is 5.26 Å². The Labute approximate surface area is 155 Å². The van der Waals surface area contributed by atoms with Crippen LogP contribution in [-0.2, 0) is 11.4 Å². The monoisotopic (exact) mass is 361 g/mol. The fourth-order valence-corrected chi connectivity index (χ4v) is 2.72. The van der Waals surface area contributed by atoms with E-state index < -0.39 is 0 Å². The zero-order valence-electron chi connectivity index (χ0n) is 13.8. The van der Waals surface area contributed by atoms with E-state index in [4.69, 9.17) is 10.00 Å². The molecule has 0 spiro atoms. The Hall–Kier alpha value is -3.43. The molecule has 1 heterocycles. The molecule has 5 nitrogen and oxygen atoms in total. The van der Waals surface area contributed by atoms with Crippen molar-refractivity contribution in [2.75, 3.05) is 5.32 Å². The van der Waals surface area contributed by atoms with E-state index >= 15 is 0 Å². The number of nitrogens with one attached hydrogen (secondary N) is 1. The lowest BCUT2D eigenvalue weighted by Gasteiger charge is -2.09. The van der Waals surface area contributed by atoms with Gasteiger partial charge in [0.05, 0.1) is 17.1 Å². The highest BCUT2D eigenvalue weighted by molar-refractivity contribution is 7.10. The van der Waals surface area contributed by atoms with Gasteiger partial charge < -0.3 is 10.1 Å². The molecule has 0 aliphatic carbocycles. The van der Waals surface area contributed by atoms with E-state index in [-0.39, 0.29) is 5.91 Å². The lowest BCUT2D eigenvalue weighted by atomic mass is 10.1. The summed E-state index contributed by atoms with van der Waals surface area (Å²) >= 11 is 1.46. The zero-order chi connectivity index (χ0) is 18.2. The highest BCUT2D eigenvalue weighted by atomic mass is 32.1. The number of aromatic nitrogens is 1. The Kier molecular flexibility index (Phi) is 5.76. The van der Waals surface area contributed by atoms with Crippen LogP contribution in [0.3, 0.4) is 0 Å². The van der Waals surface area contributed by atoms with Crippen molar-refractivity contribution in [3.8, 4) is 11.8 Å². The summed E-state index contributed by atoms with van der Waals surface area (Å²) < 4.78 is 5.75. The van der Waals surface area contributed by atoms with Gasteiger partial charge in [-0.05, 0) is 35.9 Å². The number of hydrogen-bond donors (Lipinski definition) is 1. The lowest BCUT2D eigenvalue weighted by Crippen LogP contribution is -2.07. The van der Waals surface area contributed by atoms with Gasteiger partial charge in [-0.25, -0.2) is 0 Å². The molecule has 0 unspecified atom stereocenters. The second-order valence-corrected chi connectivity index (χ2v) is 6.27. The van der Waals surface area contributed by atoms with Gasteiger partial charge in [-0.3, -0.25) is 9.78 Å². The van der Waals surface area contributed by atoms with Crippen molar-refractivity contribution in [3.05, 3.63) is 82.3 Å². The smallest absolute Gasteiger partial charge is 0.248 e. The SMILES string of the molecule is N#Cc1cccc(COc2cccc(NC(=O)/C=C/c3cncs3)c2)c1. The number of hydrogen-bond acceptors (Lipinski definition) is 5. The fourth-order valence-electron chi connectivity index (χ4n) is 2.21. The number of rotatable bonds is 6. The molecular formula is C20H15N3O2S. The van der Waals surface area contributed by atoms with Gasteiger partial charge in [0, 0.05) is 28.9 Å². The number of nitrogens with zero attached hydrogens (tertiary/aromatic N) is 2. The van der Waals surface area contributed by atoms with Crippen LogP contribution in [0.25, 0.3) is 6.08 Å². The van der Waals surface area contributed by atoms with E-state index in [0.717, 1.165) is 10.4 Å². The number of amides is 1. The van der Waals surface area contributed by atoms with Crippen molar-refractivity contribution in [3.63, 3.8) is 0 Å². The molecule has 3 aromatic rings. The van der Waals surface area contributed by atoms with Crippen LogP contribution in [0.4, 0.5) is 5.69 Å². The molecule has 26 heavy (non-hydrogen) atoms. The molecule has 0 saturated heterocycles. The van der Waals surface area contributed by atoms with Gasteiger partial charge in [-0.1, -0.05) is 18.2 Å². The number of carbonyl (C=O) groups excluding carboxylic acids is 1. The third kappa shape index (κ3) is 5.03. The Morgan fingerprint density at radius 3 is 2.96 bits per heavy atom. The molecule has 3 rings (SSSR count). The molecule has 1 aromatic heterocycles. The number of anilines is 1.